The molecule has 0 saturated carbocycles. The minimum atomic E-state index is 0.899. The second-order valence-electron chi connectivity index (χ2n) is 2.62. The molecule has 0 aliphatic carbocycles. The fourth-order valence-electron chi connectivity index (χ4n) is 1.04. The normalized spacial score (nSPS) is 9.42. The van der Waals surface area contributed by atoms with Crippen molar-refractivity contribution >= 4 is 0 Å². The zero-order chi connectivity index (χ0) is 8.81. The second kappa shape index (κ2) is 4.60. The van der Waals surface area contributed by atoms with Gasteiger partial charge in [0.1, 0.15) is 5.75 Å². The molecule has 0 saturated heterocycles. The Balaban J connectivity index is 2.58. The summed E-state index contributed by atoms with van der Waals surface area (Å²) in [4.78, 5) is 0. The van der Waals surface area contributed by atoms with Gasteiger partial charge in [0, 0.05) is 0 Å². The van der Waals surface area contributed by atoms with Gasteiger partial charge in [-0.2, -0.15) is 0 Å². The summed E-state index contributed by atoms with van der Waals surface area (Å²) < 4.78 is 5.04. The van der Waals surface area contributed by atoms with Crippen LogP contribution in [0, 0.1) is 6.58 Å². The quantitative estimate of drug-likeness (QED) is 0.659. The summed E-state index contributed by atoms with van der Waals surface area (Å²) in [7, 11) is 1.67. The highest BCUT2D eigenvalue weighted by Crippen LogP contribution is 2.12. The van der Waals surface area contributed by atoms with Crippen molar-refractivity contribution in [2.75, 3.05) is 7.11 Å². The van der Waals surface area contributed by atoms with Crippen molar-refractivity contribution in [1.29, 1.82) is 0 Å². The summed E-state index contributed by atoms with van der Waals surface area (Å²) >= 11 is 0. The Kier molecular flexibility index (Phi) is 3.39. The number of ether oxygens (including phenoxy) is 1. The number of hydrogen-bond donors (Lipinski definition) is 0. The molecule has 0 heterocycles. The van der Waals surface area contributed by atoms with E-state index in [4.69, 9.17) is 11.3 Å². The molecule has 0 amide bonds. The van der Waals surface area contributed by atoms with Gasteiger partial charge in [-0.25, -0.2) is 0 Å². The minimum Gasteiger partial charge on any atom is -0.497 e. The molecule has 0 bridgehead atoms. The van der Waals surface area contributed by atoms with Crippen LogP contribution in [0.5, 0.6) is 5.75 Å². The van der Waals surface area contributed by atoms with Gasteiger partial charge in [-0.1, -0.05) is 24.8 Å². The third-order valence-corrected chi connectivity index (χ3v) is 1.76. The third-order valence-electron chi connectivity index (χ3n) is 1.76. The molecule has 0 aromatic heterocycles. The van der Waals surface area contributed by atoms with Gasteiger partial charge in [0.15, 0.2) is 0 Å². The van der Waals surface area contributed by atoms with Gasteiger partial charge in [0.25, 0.3) is 0 Å². The molecule has 0 spiro atoms. The van der Waals surface area contributed by atoms with Crippen LogP contribution in [0.25, 0.3) is 0 Å². The van der Waals surface area contributed by atoms with Crippen molar-refractivity contribution in [3.63, 3.8) is 0 Å². The van der Waals surface area contributed by atoms with Gasteiger partial charge in [-0.05, 0) is 30.5 Å². The van der Waals surface area contributed by atoms with Crippen LogP contribution in [-0.2, 0) is 6.42 Å². The number of rotatable bonds is 4. The lowest BCUT2D eigenvalue weighted by atomic mass is 10.1. The summed E-state index contributed by atoms with van der Waals surface area (Å²) in [5.41, 5.74) is 1.29. The average molecular weight is 161 g/mol. The Morgan fingerprint density at radius 1 is 1.33 bits per heavy atom. The SMILES string of the molecule is [CH]=CCCc1ccc(OC)cc1. The van der Waals surface area contributed by atoms with Crippen LogP contribution in [0.1, 0.15) is 12.0 Å². The lowest BCUT2D eigenvalue weighted by molar-refractivity contribution is 0.414. The van der Waals surface area contributed by atoms with E-state index in [0.29, 0.717) is 0 Å². The number of allylic oxidation sites excluding steroid dienone is 1. The Hall–Kier alpha value is -1.24. The lowest BCUT2D eigenvalue weighted by Crippen LogP contribution is -1.85. The molecular formula is C11H13O. The van der Waals surface area contributed by atoms with Crippen molar-refractivity contribution in [2.45, 2.75) is 12.8 Å². The minimum absolute atomic E-state index is 0.899. The molecule has 1 radical (unpaired) electrons. The maximum atomic E-state index is 5.28. The molecular weight excluding hydrogens is 148 g/mol. The molecule has 0 N–H and O–H groups in total. The van der Waals surface area contributed by atoms with Gasteiger partial charge in [-0.3, -0.25) is 0 Å². The van der Waals surface area contributed by atoms with Crippen molar-refractivity contribution in [3.8, 4) is 5.75 Å². The van der Waals surface area contributed by atoms with Gasteiger partial charge in [0.2, 0.25) is 0 Å². The molecule has 12 heavy (non-hydrogen) atoms. The maximum absolute atomic E-state index is 5.28. The van der Waals surface area contributed by atoms with E-state index in [2.05, 4.69) is 12.1 Å². The number of aryl methyl sites for hydroxylation is 1. The third kappa shape index (κ3) is 2.42. The first-order chi connectivity index (χ1) is 5.86. The van der Waals surface area contributed by atoms with E-state index in [-0.39, 0.29) is 0 Å². The van der Waals surface area contributed by atoms with E-state index in [0.717, 1.165) is 18.6 Å². The zero-order valence-corrected chi connectivity index (χ0v) is 7.29. The molecule has 0 unspecified atom stereocenters. The maximum Gasteiger partial charge on any atom is 0.118 e. The average Bonchev–Trinajstić information content (AvgIpc) is 2.15. The molecule has 0 atom stereocenters. The van der Waals surface area contributed by atoms with E-state index in [1.54, 1.807) is 13.2 Å². The smallest absolute Gasteiger partial charge is 0.118 e. The van der Waals surface area contributed by atoms with E-state index in [9.17, 15) is 0 Å². The standard InChI is InChI=1S/C11H13O/c1-3-4-5-10-6-8-11(12-2)9-7-10/h1,3,6-9H,4-5H2,2H3. The summed E-state index contributed by atoms with van der Waals surface area (Å²) in [6.07, 6.45) is 3.61. The Bertz CT molecular complexity index is 236. The molecule has 1 aromatic rings. The summed E-state index contributed by atoms with van der Waals surface area (Å²) in [6.45, 7) is 5.28. The van der Waals surface area contributed by atoms with Crippen LogP contribution >= 0.6 is 0 Å². The fraction of sp³-hybridized carbons (Fsp3) is 0.273. The van der Waals surface area contributed by atoms with E-state index in [1.807, 2.05) is 12.1 Å². The Morgan fingerprint density at radius 2 is 2.00 bits per heavy atom. The number of hydrogen-bond acceptors (Lipinski definition) is 1. The predicted molar refractivity (Wildman–Crippen MR) is 50.2 cm³/mol. The van der Waals surface area contributed by atoms with Crippen LogP contribution in [0.4, 0.5) is 0 Å². The highest BCUT2D eigenvalue weighted by molar-refractivity contribution is 5.27. The van der Waals surface area contributed by atoms with Crippen molar-refractivity contribution < 1.29 is 4.74 Å². The van der Waals surface area contributed by atoms with Crippen LogP contribution < -0.4 is 4.74 Å². The first kappa shape index (κ1) is 8.85. The van der Waals surface area contributed by atoms with Gasteiger partial charge in [0.05, 0.1) is 7.11 Å². The van der Waals surface area contributed by atoms with Gasteiger partial charge in [-0.15, -0.1) is 0 Å². The van der Waals surface area contributed by atoms with E-state index in [1.165, 1.54) is 5.56 Å². The number of methoxy groups -OCH3 is 1. The summed E-state index contributed by atoms with van der Waals surface area (Å²) in [6, 6.07) is 8.04. The molecule has 0 fully saturated rings. The molecule has 1 rings (SSSR count). The Morgan fingerprint density at radius 3 is 2.50 bits per heavy atom. The topological polar surface area (TPSA) is 9.23 Å². The molecule has 0 aliphatic heterocycles. The van der Waals surface area contributed by atoms with Gasteiger partial charge < -0.3 is 4.74 Å². The molecule has 1 nitrogen and oxygen atoms in total. The van der Waals surface area contributed by atoms with Crippen molar-refractivity contribution in [2.24, 2.45) is 0 Å². The molecule has 63 valence electrons. The highest BCUT2D eigenvalue weighted by Gasteiger charge is 1.91. The second-order valence-corrected chi connectivity index (χ2v) is 2.62. The Labute approximate surface area is 73.7 Å². The summed E-state index contributed by atoms with van der Waals surface area (Å²) in [5.74, 6) is 0.899. The highest BCUT2D eigenvalue weighted by atomic mass is 16.5. The van der Waals surface area contributed by atoms with Crippen molar-refractivity contribution in [3.05, 3.63) is 42.5 Å². The van der Waals surface area contributed by atoms with Crippen LogP contribution in [0.3, 0.4) is 0 Å². The van der Waals surface area contributed by atoms with E-state index < -0.39 is 0 Å². The van der Waals surface area contributed by atoms with E-state index >= 15 is 0 Å². The zero-order valence-electron chi connectivity index (χ0n) is 7.29. The first-order valence-electron chi connectivity index (χ1n) is 4.03. The predicted octanol–water partition coefficient (Wildman–Crippen LogP) is 2.62. The lowest BCUT2D eigenvalue weighted by Gasteiger charge is -2.01. The van der Waals surface area contributed by atoms with Crippen LogP contribution in [0.2, 0.25) is 0 Å². The number of benzene rings is 1. The molecule has 0 aliphatic rings. The largest absolute Gasteiger partial charge is 0.497 e. The summed E-state index contributed by atoms with van der Waals surface area (Å²) in [5, 5.41) is 0. The monoisotopic (exact) mass is 161 g/mol. The fourth-order valence-corrected chi connectivity index (χ4v) is 1.04. The van der Waals surface area contributed by atoms with Crippen LogP contribution in [-0.4, -0.2) is 7.11 Å². The van der Waals surface area contributed by atoms with Crippen LogP contribution in [0.15, 0.2) is 30.3 Å². The molecule has 1 heteroatoms. The first-order valence-corrected chi connectivity index (χ1v) is 4.03. The van der Waals surface area contributed by atoms with Gasteiger partial charge >= 0.3 is 0 Å². The van der Waals surface area contributed by atoms with Crippen molar-refractivity contribution in [1.82, 2.24) is 0 Å². The molecule has 1 aromatic carbocycles.